The first-order valence-corrected chi connectivity index (χ1v) is 7.90. The lowest BCUT2D eigenvalue weighted by Gasteiger charge is -2.31. The summed E-state index contributed by atoms with van der Waals surface area (Å²) in [5.41, 5.74) is 3.06. The van der Waals surface area contributed by atoms with Gasteiger partial charge in [0.1, 0.15) is 0 Å². The molecule has 1 fully saturated rings. The molecule has 21 heavy (non-hydrogen) atoms. The van der Waals surface area contributed by atoms with Gasteiger partial charge in [0.05, 0.1) is 11.2 Å². The van der Waals surface area contributed by atoms with Gasteiger partial charge in [0.2, 0.25) is 0 Å². The van der Waals surface area contributed by atoms with Crippen molar-refractivity contribution in [2.75, 3.05) is 7.05 Å². The first-order valence-electron chi connectivity index (χ1n) is 7.90. The number of hydrogen-bond donors (Lipinski definition) is 0. The molecule has 0 radical (unpaired) electrons. The monoisotopic (exact) mass is 285 g/mol. The van der Waals surface area contributed by atoms with Crippen LogP contribution < -0.4 is 5.56 Å². The molecule has 0 N–H and O–H groups in total. The Morgan fingerprint density at radius 3 is 2.71 bits per heavy atom. The molecule has 1 saturated carbocycles. The van der Waals surface area contributed by atoms with E-state index in [1.54, 1.807) is 17.8 Å². The highest BCUT2D eigenvalue weighted by Gasteiger charge is 2.31. The third-order valence-electron chi connectivity index (χ3n) is 4.78. The topological polar surface area (TPSA) is 47.2 Å². The van der Waals surface area contributed by atoms with Crippen molar-refractivity contribution in [2.45, 2.75) is 57.4 Å². The van der Waals surface area contributed by atoms with Crippen LogP contribution in [0.1, 0.15) is 63.1 Å². The van der Waals surface area contributed by atoms with E-state index < -0.39 is 0 Å². The Balaban J connectivity index is 1.94. The summed E-state index contributed by atoms with van der Waals surface area (Å²) in [4.78, 5) is 16.4. The fourth-order valence-corrected chi connectivity index (χ4v) is 3.44. The normalized spacial score (nSPS) is 20.6. The van der Waals surface area contributed by atoms with Gasteiger partial charge in [-0.2, -0.15) is 5.10 Å². The van der Waals surface area contributed by atoms with Crippen LogP contribution in [-0.2, 0) is 5.54 Å². The molecule has 0 aliphatic heterocycles. The van der Waals surface area contributed by atoms with E-state index in [0.29, 0.717) is 0 Å². The van der Waals surface area contributed by atoms with Gasteiger partial charge in [0, 0.05) is 31.3 Å². The number of rotatable bonds is 3. The molecule has 3 rings (SSSR count). The second-order valence-corrected chi connectivity index (χ2v) is 6.42. The maximum Gasteiger partial charge on any atom is 0.267 e. The molecule has 0 spiro atoms. The standard InChI is InChI=1S/C17H23N3O/c1-17(8-5-3-4-6-9-17)20-15(21)12-14-11-13(7-10-18-2)16(14)19-20/h10-12H,3-9H2,1-2H3. The maximum absolute atomic E-state index is 12.4. The Hall–Kier alpha value is -1.71. The lowest BCUT2D eigenvalue weighted by molar-refractivity contribution is 0.235. The second-order valence-electron chi connectivity index (χ2n) is 6.42. The zero-order valence-corrected chi connectivity index (χ0v) is 12.9. The van der Waals surface area contributed by atoms with Crippen molar-refractivity contribution in [3.05, 3.63) is 27.7 Å². The molecule has 0 atom stereocenters. The Labute approximate surface area is 125 Å². The lowest BCUT2D eigenvalue weighted by atomic mass is 9.90. The van der Waals surface area contributed by atoms with Crippen molar-refractivity contribution in [1.29, 1.82) is 0 Å². The van der Waals surface area contributed by atoms with E-state index in [1.807, 2.05) is 12.3 Å². The number of allylic oxidation sites excluding steroid dienone is 1. The molecule has 0 saturated heterocycles. The van der Waals surface area contributed by atoms with Crippen LogP contribution in [0, 0.1) is 0 Å². The molecular formula is C17H23N3O. The van der Waals surface area contributed by atoms with E-state index in [0.717, 1.165) is 30.5 Å². The highest BCUT2D eigenvalue weighted by atomic mass is 16.1. The van der Waals surface area contributed by atoms with Crippen LogP contribution in [0.3, 0.4) is 0 Å². The third-order valence-corrected chi connectivity index (χ3v) is 4.78. The Morgan fingerprint density at radius 1 is 1.33 bits per heavy atom. The minimum atomic E-state index is -0.123. The van der Waals surface area contributed by atoms with Crippen LogP contribution in [0.5, 0.6) is 0 Å². The zero-order chi connectivity index (χ0) is 14.9. The van der Waals surface area contributed by atoms with Gasteiger partial charge in [-0.25, -0.2) is 4.68 Å². The zero-order valence-electron chi connectivity index (χ0n) is 12.9. The first kappa shape index (κ1) is 14.2. The number of hydrogen-bond acceptors (Lipinski definition) is 3. The summed E-state index contributed by atoms with van der Waals surface area (Å²) < 4.78 is 1.76. The Bertz CT molecular complexity index is 646. The number of fused-ring (bicyclic) bond motifs is 1. The summed E-state index contributed by atoms with van der Waals surface area (Å²) in [5, 5.41) is 4.70. The van der Waals surface area contributed by atoms with Crippen LogP contribution in [0.15, 0.2) is 15.9 Å². The van der Waals surface area contributed by atoms with Crippen LogP contribution >= 0.6 is 0 Å². The van der Waals surface area contributed by atoms with Gasteiger partial charge in [-0.3, -0.25) is 4.79 Å². The molecule has 4 heteroatoms. The number of aromatic nitrogens is 2. The number of nitrogens with zero attached hydrogens (tertiary/aromatic N) is 3. The Kier molecular flexibility index (Phi) is 3.79. The largest absolute Gasteiger partial charge is 0.301 e. The van der Waals surface area contributed by atoms with Crippen LogP contribution in [0.4, 0.5) is 0 Å². The predicted octanol–water partition coefficient (Wildman–Crippen LogP) is 3.26. The number of aliphatic imine (C=N–C) groups is 1. The minimum absolute atomic E-state index is 0.0395. The van der Waals surface area contributed by atoms with Crippen molar-refractivity contribution in [3.8, 4) is 0 Å². The van der Waals surface area contributed by atoms with E-state index in [1.165, 1.54) is 31.3 Å². The molecule has 0 bridgehead atoms. The smallest absolute Gasteiger partial charge is 0.267 e. The average Bonchev–Trinajstić information content (AvgIpc) is 2.67. The van der Waals surface area contributed by atoms with Crippen molar-refractivity contribution < 1.29 is 0 Å². The van der Waals surface area contributed by atoms with Gasteiger partial charge >= 0.3 is 0 Å². The molecule has 2 aliphatic rings. The van der Waals surface area contributed by atoms with E-state index >= 15 is 0 Å². The lowest BCUT2D eigenvalue weighted by Crippen LogP contribution is -2.41. The fraction of sp³-hybridized carbons (Fsp3) is 0.588. The highest BCUT2D eigenvalue weighted by Crippen LogP contribution is 2.35. The van der Waals surface area contributed by atoms with Crippen molar-refractivity contribution in [2.24, 2.45) is 4.99 Å². The Morgan fingerprint density at radius 2 is 2.05 bits per heavy atom. The molecule has 1 heterocycles. The van der Waals surface area contributed by atoms with Gasteiger partial charge in [-0.1, -0.05) is 25.7 Å². The van der Waals surface area contributed by atoms with E-state index in [9.17, 15) is 4.79 Å². The maximum atomic E-state index is 12.4. The highest BCUT2D eigenvalue weighted by molar-refractivity contribution is 5.98. The summed E-state index contributed by atoms with van der Waals surface area (Å²) in [6.07, 6.45) is 11.7. The van der Waals surface area contributed by atoms with Crippen molar-refractivity contribution in [1.82, 2.24) is 9.78 Å². The van der Waals surface area contributed by atoms with Gasteiger partial charge < -0.3 is 4.99 Å². The molecule has 0 unspecified atom stereocenters. The molecule has 0 aromatic carbocycles. The molecule has 1 aromatic heterocycles. The van der Waals surface area contributed by atoms with Gasteiger partial charge in [-0.15, -0.1) is 0 Å². The van der Waals surface area contributed by atoms with Crippen molar-refractivity contribution in [3.63, 3.8) is 0 Å². The predicted molar refractivity (Wildman–Crippen MR) is 86.8 cm³/mol. The summed E-state index contributed by atoms with van der Waals surface area (Å²) in [6, 6.07) is 1.74. The van der Waals surface area contributed by atoms with E-state index in [4.69, 9.17) is 5.10 Å². The first-order chi connectivity index (χ1) is 10.1. The SMILES string of the molecule is CN=CCC1=Cc2cc(=O)n(C3(C)CCCCCC3)nc21. The second kappa shape index (κ2) is 5.58. The minimum Gasteiger partial charge on any atom is -0.301 e. The van der Waals surface area contributed by atoms with Crippen LogP contribution in [-0.4, -0.2) is 23.0 Å². The van der Waals surface area contributed by atoms with Crippen LogP contribution in [0.25, 0.3) is 11.6 Å². The molecule has 0 amide bonds. The molecule has 112 valence electrons. The van der Waals surface area contributed by atoms with Crippen molar-refractivity contribution >= 4 is 17.9 Å². The fourth-order valence-electron chi connectivity index (χ4n) is 3.44. The molecule has 4 nitrogen and oxygen atoms in total. The third kappa shape index (κ3) is 2.59. The van der Waals surface area contributed by atoms with Crippen LogP contribution in [0.2, 0.25) is 0 Å². The van der Waals surface area contributed by atoms with Gasteiger partial charge in [-0.05, 0) is 31.4 Å². The quantitative estimate of drug-likeness (QED) is 0.632. The summed E-state index contributed by atoms with van der Waals surface area (Å²) >= 11 is 0. The van der Waals surface area contributed by atoms with E-state index in [-0.39, 0.29) is 11.1 Å². The van der Waals surface area contributed by atoms with E-state index in [2.05, 4.69) is 11.9 Å². The molecule has 2 aliphatic carbocycles. The summed E-state index contributed by atoms with van der Waals surface area (Å²) in [6.45, 7) is 2.19. The average molecular weight is 285 g/mol. The van der Waals surface area contributed by atoms with Gasteiger partial charge in [0.15, 0.2) is 0 Å². The molecular weight excluding hydrogens is 262 g/mol. The summed E-state index contributed by atoms with van der Waals surface area (Å²) in [7, 11) is 1.78. The van der Waals surface area contributed by atoms with Gasteiger partial charge in [0.25, 0.3) is 5.56 Å². The summed E-state index contributed by atoms with van der Waals surface area (Å²) in [5.74, 6) is 0. The molecule has 1 aromatic rings.